The monoisotopic (exact) mass is 183 g/mol. The fourth-order valence-electron chi connectivity index (χ4n) is 1.89. The third-order valence-electron chi connectivity index (χ3n) is 3.28. The van der Waals surface area contributed by atoms with Crippen LogP contribution >= 0.6 is 0 Å². The van der Waals surface area contributed by atoms with Gasteiger partial charge in [-0.3, -0.25) is 0 Å². The Bertz CT molecular complexity index is 76.2. The molecule has 0 heterocycles. The predicted molar refractivity (Wildman–Crippen MR) is 61.7 cm³/mol. The van der Waals surface area contributed by atoms with E-state index < -0.39 is 0 Å². The second-order valence-corrected chi connectivity index (χ2v) is 4.07. The minimum Gasteiger partial charge on any atom is -0.0651 e. The van der Waals surface area contributed by atoms with Crippen LogP contribution in [0.1, 0.15) is 66.2 Å². The van der Waals surface area contributed by atoms with Crippen LogP contribution in [0.5, 0.6) is 0 Å². The second-order valence-electron chi connectivity index (χ2n) is 4.07. The first-order chi connectivity index (χ1) is 6.28. The zero-order valence-electron chi connectivity index (χ0n) is 9.97. The van der Waals surface area contributed by atoms with E-state index in [0.717, 1.165) is 11.8 Å². The zero-order valence-corrected chi connectivity index (χ0v) is 9.97. The Morgan fingerprint density at radius 1 is 0.846 bits per heavy atom. The van der Waals surface area contributed by atoms with Crippen molar-refractivity contribution in [3.8, 4) is 0 Å². The highest BCUT2D eigenvalue weighted by Crippen LogP contribution is 2.20. The van der Waals surface area contributed by atoms with Gasteiger partial charge in [0, 0.05) is 0 Å². The summed E-state index contributed by atoms with van der Waals surface area (Å²) < 4.78 is 0. The van der Waals surface area contributed by atoms with Crippen LogP contribution in [0.2, 0.25) is 0 Å². The van der Waals surface area contributed by atoms with Gasteiger partial charge in [-0.05, 0) is 24.7 Å². The highest BCUT2D eigenvalue weighted by atomic mass is 14.1. The van der Waals surface area contributed by atoms with E-state index in [9.17, 15) is 0 Å². The van der Waals surface area contributed by atoms with Gasteiger partial charge in [-0.25, -0.2) is 0 Å². The first kappa shape index (κ1) is 13.0. The van der Waals surface area contributed by atoms with Crippen LogP contribution in [-0.4, -0.2) is 0 Å². The first-order valence-corrected chi connectivity index (χ1v) is 6.11. The van der Waals surface area contributed by atoms with Crippen molar-refractivity contribution in [3.05, 3.63) is 6.42 Å². The van der Waals surface area contributed by atoms with Gasteiger partial charge >= 0.3 is 0 Å². The van der Waals surface area contributed by atoms with Crippen molar-refractivity contribution < 1.29 is 0 Å². The van der Waals surface area contributed by atoms with E-state index in [1.54, 1.807) is 0 Å². The molecule has 0 aliphatic heterocycles. The molecular weight excluding hydrogens is 156 g/mol. The van der Waals surface area contributed by atoms with Crippen LogP contribution < -0.4 is 0 Å². The third-order valence-corrected chi connectivity index (χ3v) is 3.28. The lowest BCUT2D eigenvalue weighted by molar-refractivity contribution is 0.433. The molecule has 0 aromatic rings. The molecular formula is C13H27. The van der Waals surface area contributed by atoms with Crippen molar-refractivity contribution in [1.82, 2.24) is 0 Å². The van der Waals surface area contributed by atoms with Gasteiger partial charge < -0.3 is 0 Å². The van der Waals surface area contributed by atoms with Gasteiger partial charge in [-0.2, -0.15) is 0 Å². The maximum absolute atomic E-state index is 2.54. The molecule has 0 saturated heterocycles. The molecule has 0 atom stereocenters. The molecule has 0 aliphatic carbocycles. The van der Waals surface area contributed by atoms with Crippen LogP contribution in [0.15, 0.2) is 0 Å². The molecule has 0 spiro atoms. The van der Waals surface area contributed by atoms with Crippen molar-refractivity contribution >= 4 is 0 Å². The van der Waals surface area contributed by atoms with Gasteiger partial charge in [0.15, 0.2) is 0 Å². The maximum atomic E-state index is 2.54. The van der Waals surface area contributed by atoms with Crippen LogP contribution in [0.4, 0.5) is 0 Å². The van der Waals surface area contributed by atoms with Crippen LogP contribution in [0.25, 0.3) is 0 Å². The smallest absolute Gasteiger partial charge is 0.0355 e. The second kappa shape index (κ2) is 8.59. The molecule has 0 bridgehead atoms. The van der Waals surface area contributed by atoms with Crippen molar-refractivity contribution in [2.75, 3.05) is 0 Å². The Balaban J connectivity index is 3.41. The normalized spacial score (nSPS) is 11.5. The third kappa shape index (κ3) is 6.12. The van der Waals surface area contributed by atoms with Gasteiger partial charge in [0.25, 0.3) is 0 Å². The SMILES string of the molecule is CCC([CH]CCC(CC)CC)CC. The Morgan fingerprint density at radius 3 is 1.77 bits per heavy atom. The highest BCUT2D eigenvalue weighted by Gasteiger charge is 2.06. The van der Waals surface area contributed by atoms with Crippen molar-refractivity contribution in [3.63, 3.8) is 0 Å². The molecule has 0 heteroatoms. The average molecular weight is 183 g/mol. The van der Waals surface area contributed by atoms with E-state index in [1.165, 1.54) is 38.5 Å². The summed E-state index contributed by atoms with van der Waals surface area (Å²) in [6.45, 7) is 9.21. The first-order valence-electron chi connectivity index (χ1n) is 6.11. The molecule has 0 fully saturated rings. The summed E-state index contributed by atoms with van der Waals surface area (Å²) in [6, 6.07) is 0. The number of hydrogen-bond acceptors (Lipinski definition) is 0. The predicted octanol–water partition coefficient (Wildman–Crippen LogP) is 4.84. The van der Waals surface area contributed by atoms with E-state index in [0.29, 0.717) is 0 Å². The van der Waals surface area contributed by atoms with E-state index in [4.69, 9.17) is 0 Å². The summed E-state index contributed by atoms with van der Waals surface area (Å²) in [6.07, 6.45) is 10.6. The molecule has 0 saturated carbocycles. The summed E-state index contributed by atoms with van der Waals surface area (Å²) in [5, 5.41) is 0. The number of hydrogen-bond donors (Lipinski definition) is 0. The topological polar surface area (TPSA) is 0 Å². The molecule has 79 valence electrons. The summed E-state index contributed by atoms with van der Waals surface area (Å²) in [5.41, 5.74) is 0. The fourth-order valence-corrected chi connectivity index (χ4v) is 1.89. The van der Waals surface area contributed by atoms with Crippen molar-refractivity contribution in [2.45, 2.75) is 66.2 Å². The molecule has 1 radical (unpaired) electrons. The van der Waals surface area contributed by atoms with Crippen molar-refractivity contribution in [1.29, 1.82) is 0 Å². The molecule has 0 nitrogen and oxygen atoms in total. The minimum absolute atomic E-state index is 0.870. The summed E-state index contributed by atoms with van der Waals surface area (Å²) in [7, 11) is 0. The summed E-state index contributed by atoms with van der Waals surface area (Å²) in [4.78, 5) is 0. The number of rotatable bonds is 8. The lowest BCUT2D eigenvalue weighted by atomic mass is 9.91. The quantitative estimate of drug-likeness (QED) is 0.505. The molecule has 13 heavy (non-hydrogen) atoms. The minimum atomic E-state index is 0.870. The molecule has 0 aromatic heterocycles. The Hall–Kier alpha value is 0. The van der Waals surface area contributed by atoms with Gasteiger partial charge in [-0.15, -0.1) is 0 Å². The van der Waals surface area contributed by atoms with Gasteiger partial charge in [0.05, 0.1) is 0 Å². The molecule has 0 aromatic carbocycles. The molecule has 0 rings (SSSR count). The summed E-state index contributed by atoms with van der Waals surface area (Å²) in [5.74, 6) is 1.83. The van der Waals surface area contributed by atoms with Gasteiger partial charge in [0.1, 0.15) is 0 Å². The van der Waals surface area contributed by atoms with E-state index in [1.807, 2.05) is 0 Å². The molecule has 0 amide bonds. The Morgan fingerprint density at radius 2 is 1.38 bits per heavy atom. The lowest BCUT2D eigenvalue weighted by Gasteiger charge is -2.15. The maximum Gasteiger partial charge on any atom is -0.0355 e. The van der Waals surface area contributed by atoms with Crippen LogP contribution in [0, 0.1) is 18.3 Å². The van der Waals surface area contributed by atoms with Gasteiger partial charge in [0.2, 0.25) is 0 Å². The standard InChI is InChI=1S/C13H27/c1-5-12(6-2)10-9-11-13(7-3)8-4/h10,12-13H,5-9,11H2,1-4H3. The molecule has 0 N–H and O–H groups in total. The fraction of sp³-hybridized carbons (Fsp3) is 0.923. The molecule has 0 unspecified atom stereocenters. The zero-order chi connectivity index (χ0) is 10.1. The van der Waals surface area contributed by atoms with E-state index in [-0.39, 0.29) is 0 Å². The summed E-state index contributed by atoms with van der Waals surface area (Å²) >= 11 is 0. The van der Waals surface area contributed by atoms with Gasteiger partial charge in [-0.1, -0.05) is 59.8 Å². The van der Waals surface area contributed by atoms with E-state index in [2.05, 4.69) is 34.1 Å². The Labute approximate surface area is 85.1 Å². The molecule has 0 aliphatic rings. The van der Waals surface area contributed by atoms with Crippen LogP contribution in [-0.2, 0) is 0 Å². The average Bonchev–Trinajstić information content (AvgIpc) is 2.19. The largest absolute Gasteiger partial charge is 0.0651 e. The highest BCUT2D eigenvalue weighted by molar-refractivity contribution is 4.75. The van der Waals surface area contributed by atoms with Crippen molar-refractivity contribution in [2.24, 2.45) is 11.8 Å². The lowest BCUT2D eigenvalue weighted by Crippen LogP contribution is -2.01. The van der Waals surface area contributed by atoms with Crippen LogP contribution in [0.3, 0.4) is 0 Å². The van der Waals surface area contributed by atoms with E-state index >= 15 is 0 Å². The Kier molecular flexibility index (Phi) is 8.59.